The van der Waals surface area contributed by atoms with Crippen molar-refractivity contribution in [3.63, 3.8) is 0 Å². The van der Waals surface area contributed by atoms with Gasteiger partial charge in [-0.05, 0) is 44.4 Å². The number of hydrogen-bond donors (Lipinski definition) is 3. The van der Waals surface area contributed by atoms with Crippen LogP contribution in [0.15, 0.2) is 29.2 Å². The average Bonchev–Trinajstić information content (AvgIpc) is 2.34. The zero-order valence-corrected chi connectivity index (χ0v) is 16.6. The zero-order valence-electron chi connectivity index (χ0n) is 15.0. The first kappa shape index (κ1) is 22.9. The molecule has 1 aromatic rings. The molecule has 0 aliphatic heterocycles. The van der Waals surface area contributed by atoms with Crippen molar-refractivity contribution in [2.75, 3.05) is 5.32 Å². The molecule has 0 aliphatic carbocycles. The van der Waals surface area contributed by atoms with Gasteiger partial charge in [0.1, 0.15) is 0 Å². The van der Waals surface area contributed by atoms with Gasteiger partial charge >= 0.3 is 0 Å². The molecule has 138 valence electrons. The Labute approximate surface area is 151 Å². The second-order valence-electron chi connectivity index (χ2n) is 7.72. The molecule has 24 heavy (non-hydrogen) atoms. The van der Waals surface area contributed by atoms with Crippen LogP contribution in [0.3, 0.4) is 0 Å². The molecule has 6 nitrogen and oxygen atoms in total. The fourth-order valence-corrected chi connectivity index (χ4v) is 3.28. The monoisotopic (exact) mass is 377 g/mol. The van der Waals surface area contributed by atoms with Gasteiger partial charge in [-0.25, -0.2) is 13.1 Å². The van der Waals surface area contributed by atoms with Crippen molar-refractivity contribution < 1.29 is 13.2 Å². The minimum atomic E-state index is -3.66. The van der Waals surface area contributed by atoms with Crippen molar-refractivity contribution >= 4 is 34.0 Å². The molecule has 0 spiro atoms. The van der Waals surface area contributed by atoms with Gasteiger partial charge in [-0.15, -0.1) is 12.4 Å². The molecule has 0 saturated heterocycles. The first-order valence-corrected chi connectivity index (χ1v) is 8.91. The van der Waals surface area contributed by atoms with E-state index in [4.69, 9.17) is 5.73 Å². The Morgan fingerprint density at radius 2 is 1.67 bits per heavy atom. The first-order chi connectivity index (χ1) is 10.2. The Hall–Kier alpha value is -1.15. The van der Waals surface area contributed by atoms with E-state index in [-0.39, 0.29) is 28.6 Å². The van der Waals surface area contributed by atoms with E-state index < -0.39 is 21.6 Å². The van der Waals surface area contributed by atoms with Crippen molar-refractivity contribution in [2.24, 2.45) is 11.1 Å². The van der Waals surface area contributed by atoms with Crippen molar-refractivity contribution in [1.29, 1.82) is 0 Å². The summed E-state index contributed by atoms with van der Waals surface area (Å²) in [5.41, 5.74) is 5.32. The lowest BCUT2D eigenvalue weighted by atomic mass is 9.87. The number of carbonyl (C=O) groups is 1. The summed E-state index contributed by atoms with van der Waals surface area (Å²) in [7, 11) is -3.66. The van der Waals surface area contributed by atoms with Crippen LogP contribution in [0.4, 0.5) is 5.69 Å². The first-order valence-electron chi connectivity index (χ1n) is 7.43. The lowest BCUT2D eigenvalue weighted by Gasteiger charge is -2.26. The lowest BCUT2D eigenvalue weighted by Crippen LogP contribution is -2.45. The Morgan fingerprint density at radius 3 is 2.12 bits per heavy atom. The molecule has 4 N–H and O–H groups in total. The van der Waals surface area contributed by atoms with E-state index in [1.165, 1.54) is 12.1 Å². The molecule has 0 heterocycles. The summed E-state index contributed by atoms with van der Waals surface area (Å²) in [4.78, 5) is 12.2. The Kier molecular flexibility index (Phi) is 7.45. The number of nitrogens with one attached hydrogen (secondary N) is 2. The minimum absolute atomic E-state index is 0. The van der Waals surface area contributed by atoms with Crippen LogP contribution >= 0.6 is 12.4 Å². The number of nitrogens with two attached hydrogens (primary N) is 1. The summed E-state index contributed by atoms with van der Waals surface area (Å²) in [6.45, 7) is 10.9. The quantitative estimate of drug-likeness (QED) is 0.750. The molecule has 0 bridgehead atoms. The van der Waals surface area contributed by atoms with E-state index in [1.807, 2.05) is 20.8 Å². The van der Waals surface area contributed by atoms with E-state index >= 15 is 0 Å². The van der Waals surface area contributed by atoms with Gasteiger partial charge in [0.2, 0.25) is 15.9 Å². The molecule has 8 heteroatoms. The van der Waals surface area contributed by atoms with E-state index in [0.29, 0.717) is 5.69 Å². The molecule has 0 unspecified atom stereocenters. The van der Waals surface area contributed by atoms with Crippen LogP contribution in [0.5, 0.6) is 0 Å². The van der Waals surface area contributed by atoms with Gasteiger partial charge in [-0.1, -0.05) is 26.8 Å². The van der Waals surface area contributed by atoms with Gasteiger partial charge in [-0.3, -0.25) is 4.79 Å². The number of hydrogen-bond acceptors (Lipinski definition) is 4. The van der Waals surface area contributed by atoms with Crippen molar-refractivity contribution in [3.05, 3.63) is 24.3 Å². The Morgan fingerprint density at radius 1 is 1.12 bits per heavy atom. The molecule has 0 aromatic heterocycles. The summed E-state index contributed by atoms with van der Waals surface area (Å²) in [6.07, 6.45) is 0. The predicted octanol–water partition coefficient (Wildman–Crippen LogP) is 2.50. The lowest BCUT2D eigenvalue weighted by molar-refractivity contribution is -0.119. The maximum Gasteiger partial charge on any atom is 0.241 e. The SMILES string of the molecule is CC(C)(C)NS(=O)(=O)c1cccc(NC(=O)[C@@H](N)C(C)(C)C)c1.Cl. The number of amides is 1. The number of sulfonamides is 1. The van der Waals surface area contributed by atoms with Crippen LogP contribution < -0.4 is 15.8 Å². The van der Waals surface area contributed by atoms with E-state index in [9.17, 15) is 13.2 Å². The molecule has 1 rings (SSSR count). The third-order valence-electron chi connectivity index (χ3n) is 3.07. The smallest absolute Gasteiger partial charge is 0.241 e. The molecule has 1 amide bonds. The molecule has 0 radical (unpaired) electrons. The average molecular weight is 378 g/mol. The molecule has 1 aromatic carbocycles. The summed E-state index contributed by atoms with van der Waals surface area (Å²) in [5.74, 6) is -0.351. The highest BCUT2D eigenvalue weighted by Crippen LogP contribution is 2.21. The van der Waals surface area contributed by atoms with Gasteiger partial charge in [0.15, 0.2) is 0 Å². The van der Waals surface area contributed by atoms with Crippen LogP contribution in [0.25, 0.3) is 0 Å². The van der Waals surface area contributed by atoms with Gasteiger partial charge in [0, 0.05) is 11.2 Å². The third kappa shape index (κ3) is 6.76. The molecular formula is C16H28ClN3O3S. The van der Waals surface area contributed by atoms with E-state index in [1.54, 1.807) is 32.9 Å². The predicted molar refractivity (Wildman–Crippen MR) is 99.8 cm³/mol. The molecular weight excluding hydrogens is 350 g/mol. The summed E-state index contributed by atoms with van der Waals surface area (Å²) < 4.78 is 27.2. The standard InChI is InChI=1S/C16H27N3O3S.ClH/c1-15(2,3)13(17)14(20)18-11-8-7-9-12(10-11)23(21,22)19-16(4,5)6;/h7-10,13,19H,17H2,1-6H3,(H,18,20);1H/t13-;/m1./s1. The van der Waals surface area contributed by atoms with Crippen LogP contribution in [0.2, 0.25) is 0 Å². The van der Waals surface area contributed by atoms with Crippen molar-refractivity contribution in [2.45, 2.75) is 58.0 Å². The maximum absolute atomic E-state index is 12.3. The largest absolute Gasteiger partial charge is 0.325 e. The highest BCUT2D eigenvalue weighted by molar-refractivity contribution is 7.89. The van der Waals surface area contributed by atoms with Crippen LogP contribution in [0, 0.1) is 5.41 Å². The highest BCUT2D eigenvalue weighted by Gasteiger charge is 2.28. The van der Waals surface area contributed by atoms with Gasteiger partial charge in [-0.2, -0.15) is 0 Å². The normalized spacial score (nSPS) is 13.8. The molecule has 0 aliphatic rings. The van der Waals surface area contributed by atoms with Crippen LogP contribution in [-0.2, 0) is 14.8 Å². The van der Waals surface area contributed by atoms with Gasteiger partial charge in [0.25, 0.3) is 0 Å². The summed E-state index contributed by atoms with van der Waals surface area (Å²) in [6, 6.07) is 5.41. The van der Waals surface area contributed by atoms with E-state index in [2.05, 4.69) is 10.0 Å². The van der Waals surface area contributed by atoms with Crippen molar-refractivity contribution in [3.8, 4) is 0 Å². The summed E-state index contributed by atoms with van der Waals surface area (Å²) in [5, 5.41) is 2.67. The van der Waals surface area contributed by atoms with Gasteiger partial charge in [0.05, 0.1) is 10.9 Å². The number of rotatable bonds is 4. The number of halogens is 1. The fourth-order valence-electron chi connectivity index (χ4n) is 1.82. The number of anilines is 1. The molecule has 0 saturated carbocycles. The van der Waals surface area contributed by atoms with E-state index in [0.717, 1.165) is 0 Å². The number of carbonyl (C=O) groups excluding carboxylic acids is 1. The highest BCUT2D eigenvalue weighted by atomic mass is 35.5. The van der Waals surface area contributed by atoms with Crippen LogP contribution in [-0.4, -0.2) is 25.9 Å². The van der Waals surface area contributed by atoms with Crippen LogP contribution in [0.1, 0.15) is 41.5 Å². The fraction of sp³-hybridized carbons (Fsp3) is 0.562. The molecule has 1 atom stereocenters. The summed E-state index contributed by atoms with van der Waals surface area (Å²) >= 11 is 0. The second kappa shape index (κ2) is 7.82. The minimum Gasteiger partial charge on any atom is -0.325 e. The zero-order chi connectivity index (χ0) is 18.1. The van der Waals surface area contributed by atoms with Crippen molar-refractivity contribution in [1.82, 2.24) is 4.72 Å². The maximum atomic E-state index is 12.3. The number of benzene rings is 1. The second-order valence-corrected chi connectivity index (χ2v) is 9.40. The third-order valence-corrected chi connectivity index (χ3v) is 4.82. The topological polar surface area (TPSA) is 101 Å². The Bertz CT molecular complexity index is 677. The molecule has 0 fully saturated rings. The Balaban J connectivity index is 0.00000529. The van der Waals surface area contributed by atoms with Gasteiger partial charge < -0.3 is 11.1 Å².